The summed E-state index contributed by atoms with van der Waals surface area (Å²) in [6.45, 7) is 2.76. The van der Waals surface area contributed by atoms with Crippen molar-refractivity contribution >= 4 is 44.1 Å². The zero-order valence-electron chi connectivity index (χ0n) is 36.8. The Bertz CT molecular complexity index is 3910. The summed E-state index contributed by atoms with van der Waals surface area (Å²) in [5, 5.41) is 3.71. The van der Waals surface area contributed by atoms with Crippen LogP contribution in [0, 0.1) is 0 Å². The van der Waals surface area contributed by atoms with Gasteiger partial charge in [0.1, 0.15) is 22.6 Å². The van der Waals surface area contributed by atoms with Gasteiger partial charge in [0.15, 0.2) is 99.1 Å². The molecular weight excluding hydrogens is 841 g/mol. The second-order valence-corrected chi connectivity index (χ2v) is 17.3. The minimum Gasteiger partial charge on any atom is -0.324 e. The Morgan fingerprint density at radius 1 is 0.279 bits per heavy atom. The Labute approximate surface area is 389 Å². The van der Waals surface area contributed by atoms with Crippen molar-refractivity contribution < 1.29 is 18.3 Å². The minimum atomic E-state index is 0.562. The van der Waals surface area contributed by atoms with E-state index in [1.54, 1.807) is 0 Å². The molecule has 0 saturated carbocycles. The lowest BCUT2D eigenvalue weighted by Gasteiger charge is -2.03. The highest BCUT2D eigenvalue weighted by Crippen LogP contribution is 2.38. The number of benzene rings is 4. The van der Waals surface area contributed by atoms with E-state index in [9.17, 15) is 0 Å². The normalized spacial score (nSPS) is 11.8. The number of hydrogen-bond acceptors (Lipinski definition) is 6. The van der Waals surface area contributed by atoms with Gasteiger partial charge in [-0.15, -0.1) is 0 Å². The van der Waals surface area contributed by atoms with E-state index >= 15 is 0 Å². The third kappa shape index (κ3) is 7.39. The molecule has 12 heteroatoms. The molecule has 4 aromatic carbocycles. The number of nitrogens with one attached hydrogen (secondary N) is 2. The van der Waals surface area contributed by atoms with E-state index in [1.807, 2.05) is 72.8 Å². The van der Waals surface area contributed by atoms with Crippen molar-refractivity contribution in [2.24, 2.45) is 0 Å². The molecule has 0 radical (unpaired) electrons. The molecule has 68 heavy (non-hydrogen) atoms. The first-order valence-corrected chi connectivity index (χ1v) is 22.7. The van der Waals surface area contributed by atoms with Gasteiger partial charge >= 0.3 is 0 Å². The van der Waals surface area contributed by atoms with Gasteiger partial charge in [0.25, 0.3) is 0 Å². The van der Waals surface area contributed by atoms with Crippen LogP contribution in [0.2, 0.25) is 0 Å². The molecule has 2 aliphatic heterocycles. The Morgan fingerprint density at radius 3 is 0.926 bits per heavy atom. The van der Waals surface area contributed by atoms with Crippen molar-refractivity contribution in [1.29, 1.82) is 0 Å². The highest BCUT2D eigenvalue weighted by atomic mass is 15.1. The van der Waals surface area contributed by atoms with Crippen molar-refractivity contribution in [2.45, 2.75) is 26.2 Å². The summed E-state index contributed by atoms with van der Waals surface area (Å²) in [5.74, 6) is 2.25. The van der Waals surface area contributed by atoms with Crippen LogP contribution >= 0.6 is 0 Å². The maximum Gasteiger partial charge on any atom is 0.173 e. The van der Waals surface area contributed by atoms with Crippen LogP contribution in [0.3, 0.4) is 0 Å². The topological polar surface area (TPSA) is 124 Å². The van der Waals surface area contributed by atoms with Crippen LogP contribution < -0.4 is 18.3 Å². The molecule has 0 unspecified atom stereocenters. The SMILES string of the molecule is c1cc[n+](Cc2ccc3c(c2)-c2nc-3nc3[nH]c(nc4nc(nc5[nH]c(n2)c2ccc(C[n+]6ccccc6)cc52)-c2ccc(C[n+]5ccccc5)cc2-4)c2cc(C[n+]4ccccc4)ccc32)cc1. The van der Waals surface area contributed by atoms with Crippen LogP contribution in [0.25, 0.3) is 89.7 Å². The fourth-order valence-electron chi connectivity index (χ4n) is 9.38. The second-order valence-electron chi connectivity index (χ2n) is 17.3. The molecular formula is C56H42N12+4. The van der Waals surface area contributed by atoms with E-state index in [1.165, 1.54) is 0 Å². The average Bonchev–Trinajstić information content (AvgIpc) is 4.10. The first-order chi connectivity index (χ1) is 33.6. The van der Waals surface area contributed by atoms with E-state index in [2.05, 4.69) is 151 Å². The molecule has 0 amide bonds. The van der Waals surface area contributed by atoms with Crippen molar-refractivity contribution in [3.05, 3.63) is 217 Å². The lowest BCUT2D eigenvalue weighted by atomic mass is 10.0. The summed E-state index contributed by atoms with van der Waals surface area (Å²) < 4.78 is 8.65. The lowest BCUT2D eigenvalue weighted by Crippen LogP contribution is -2.32. The van der Waals surface area contributed by atoms with Crippen LogP contribution in [-0.4, -0.2) is 39.9 Å². The van der Waals surface area contributed by atoms with Crippen molar-refractivity contribution in [2.75, 3.05) is 0 Å². The number of fused-ring (bicyclic) bond motifs is 20. The summed E-state index contributed by atoms with van der Waals surface area (Å²) in [6.07, 6.45) is 16.6. The van der Waals surface area contributed by atoms with E-state index in [4.69, 9.17) is 29.9 Å². The molecule has 9 heterocycles. The average molecular weight is 883 g/mol. The van der Waals surface area contributed by atoms with Gasteiger partial charge in [0, 0.05) is 115 Å². The maximum absolute atomic E-state index is 5.41. The standard InChI is InChI=1S/C56H42N12/c1-5-21-65(22-6-1)33-37-13-17-41-45(29-37)53-58-49(41)57-50-42-18-14-39(35-67-25-9-3-10-26-67)31-47(42)55(59-50)64-56-48-32-40(36-68-27-11-4-12-28-68)16-20-44(48)52(63-56)62-54-46-30-38(34-66-23-7-2-8-24-66)15-19-43(46)51(60-53)61-54/h1-32H,33-36H2,(H2,57,58,59,60,61,62,63,64)/q+4. The molecule has 11 aromatic rings. The number of nitrogens with zero attached hydrogens (tertiary/aromatic N) is 10. The summed E-state index contributed by atoms with van der Waals surface area (Å²) in [5.41, 5.74) is 10.7. The summed E-state index contributed by atoms with van der Waals surface area (Å²) >= 11 is 0. The quantitative estimate of drug-likeness (QED) is 0.148. The number of hydrogen-bond donors (Lipinski definition) is 2. The summed E-state index contributed by atoms with van der Waals surface area (Å²) in [4.78, 5) is 39.3. The van der Waals surface area contributed by atoms with E-state index in [-0.39, 0.29) is 0 Å². The van der Waals surface area contributed by atoms with Gasteiger partial charge in [-0.2, -0.15) is 0 Å². The summed E-state index contributed by atoms with van der Waals surface area (Å²) in [7, 11) is 0. The van der Waals surface area contributed by atoms with Crippen LogP contribution in [0.15, 0.2) is 195 Å². The number of H-pyrrole nitrogens is 2. The van der Waals surface area contributed by atoms with Gasteiger partial charge in [0.2, 0.25) is 0 Å². The highest BCUT2D eigenvalue weighted by Gasteiger charge is 2.24. The Kier molecular flexibility index (Phi) is 9.44. The number of rotatable bonds is 8. The Hall–Kier alpha value is -9.16. The van der Waals surface area contributed by atoms with Gasteiger partial charge in [-0.05, 0) is 36.4 Å². The third-order valence-electron chi connectivity index (χ3n) is 12.7. The van der Waals surface area contributed by atoms with Crippen LogP contribution in [-0.2, 0) is 26.2 Å². The molecule has 0 spiro atoms. The Balaban J connectivity index is 1.08. The zero-order valence-corrected chi connectivity index (χ0v) is 36.8. The van der Waals surface area contributed by atoms with Crippen molar-refractivity contribution in [3.63, 3.8) is 0 Å². The first-order valence-electron chi connectivity index (χ1n) is 22.7. The molecule has 0 fully saturated rings. The molecule has 0 atom stereocenters. The van der Waals surface area contributed by atoms with Crippen LogP contribution in [0.4, 0.5) is 0 Å². The Morgan fingerprint density at radius 2 is 0.574 bits per heavy atom. The third-order valence-corrected chi connectivity index (χ3v) is 12.7. The van der Waals surface area contributed by atoms with Gasteiger partial charge in [-0.25, -0.2) is 48.2 Å². The smallest absolute Gasteiger partial charge is 0.173 e. The van der Waals surface area contributed by atoms with E-state index in [0.717, 1.165) is 66.1 Å². The minimum absolute atomic E-state index is 0.562. The van der Waals surface area contributed by atoms with E-state index in [0.29, 0.717) is 72.1 Å². The monoisotopic (exact) mass is 882 g/mol. The molecule has 13 rings (SSSR count). The molecule has 7 aromatic heterocycles. The summed E-state index contributed by atoms with van der Waals surface area (Å²) in [6, 6.07) is 50.4. The zero-order chi connectivity index (χ0) is 45.0. The fourth-order valence-corrected chi connectivity index (χ4v) is 9.38. The predicted octanol–water partition coefficient (Wildman–Crippen LogP) is 8.21. The second kappa shape index (κ2) is 16.4. The van der Waals surface area contributed by atoms with Gasteiger partial charge < -0.3 is 9.97 Å². The van der Waals surface area contributed by atoms with Gasteiger partial charge in [0.05, 0.1) is 0 Å². The molecule has 0 saturated heterocycles. The van der Waals surface area contributed by atoms with Gasteiger partial charge in [-0.1, -0.05) is 60.7 Å². The highest BCUT2D eigenvalue weighted by molar-refractivity contribution is 6.06. The predicted molar refractivity (Wildman–Crippen MR) is 259 cm³/mol. The fraction of sp³-hybridized carbons (Fsp3) is 0.0714. The lowest BCUT2D eigenvalue weighted by molar-refractivity contribution is -0.688. The van der Waals surface area contributed by atoms with Crippen LogP contribution in [0.1, 0.15) is 22.3 Å². The van der Waals surface area contributed by atoms with Crippen LogP contribution in [0.5, 0.6) is 0 Å². The number of aromatic amines is 2. The van der Waals surface area contributed by atoms with Crippen molar-refractivity contribution in [3.8, 4) is 45.6 Å². The largest absolute Gasteiger partial charge is 0.324 e. The maximum atomic E-state index is 5.41. The first kappa shape index (κ1) is 39.2. The number of pyridine rings is 4. The molecule has 2 N–H and O–H groups in total. The molecule has 12 nitrogen and oxygen atoms in total. The van der Waals surface area contributed by atoms with Gasteiger partial charge in [-0.3, -0.25) is 0 Å². The molecule has 2 aliphatic rings. The van der Waals surface area contributed by atoms with E-state index < -0.39 is 0 Å². The molecule has 8 bridgehead atoms. The molecule has 322 valence electrons. The van der Waals surface area contributed by atoms with Crippen molar-refractivity contribution in [1.82, 2.24) is 39.9 Å². The number of aromatic nitrogens is 12. The molecule has 0 aliphatic carbocycles.